The minimum atomic E-state index is -1.26. The highest BCUT2D eigenvalue weighted by Gasteiger charge is 2.71. The standard InChI is InChI=1S/C27H48O7/c1-13(2)22(32)17(29)10-14(3)15-11-18(30)24-25(15,4)9-7-20-26(5)8-6-16(28)23(33)21(26)19(31)12-27(20,24)34/h13-24,28-34H,6-12H2,1-5H3/t14-,15-,16+,17-,18-,19-,20-,21?,22+,23+,24-,25-,26-,27+/m1/s1. The lowest BCUT2D eigenvalue weighted by atomic mass is 9.41. The molecule has 198 valence electrons. The highest BCUT2D eigenvalue weighted by atomic mass is 16.3. The van der Waals surface area contributed by atoms with Crippen LogP contribution in [0, 0.1) is 46.3 Å². The van der Waals surface area contributed by atoms with Gasteiger partial charge in [0, 0.05) is 18.3 Å². The van der Waals surface area contributed by atoms with Crippen LogP contribution in [0.1, 0.15) is 79.6 Å². The van der Waals surface area contributed by atoms with Gasteiger partial charge in [0.25, 0.3) is 0 Å². The summed E-state index contributed by atoms with van der Waals surface area (Å²) >= 11 is 0. The van der Waals surface area contributed by atoms with Crippen LogP contribution in [-0.2, 0) is 0 Å². The van der Waals surface area contributed by atoms with Crippen molar-refractivity contribution in [3.63, 3.8) is 0 Å². The first-order valence-corrected chi connectivity index (χ1v) is 13.5. The van der Waals surface area contributed by atoms with E-state index in [-0.39, 0.29) is 35.5 Å². The molecule has 4 saturated carbocycles. The van der Waals surface area contributed by atoms with Gasteiger partial charge in [-0.25, -0.2) is 0 Å². The van der Waals surface area contributed by atoms with E-state index >= 15 is 0 Å². The highest BCUT2D eigenvalue weighted by Crippen LogP contribution is 2.69. The zero-order chi connectivity index (χ0) is 25.4. The van der Waals surface area contributed by atoms with Crippen molar-refractivity contribution in [2.75, 3.05) is 0 Å². The summed E-state index contributed by atoms with van der Waals surface area (Å²) in [6.07, 6.45) is -1.50. The summed E-state index contributed by atoms with van der Waals surface area (Å²) in [5.74, 6) is -0.991. The minimum Gasteiger partial charge on any atom is -0.393 e. The fourth-order valence-corrected chi connectivity index (χ4v) is 9.65. The van der Waals surface area contributed by atoms with Crippen LogP contribution in [0.3, 0.4) is 0 Å². The van der Waals surface area contributed by atoms with Gasteiger partial charge in [0.15, 0.2) is 0 Å². The van der Waals surface area contributed by atoms with Gasteiger partial charge in [-0.05, 0) is 73.0 Å². The Labute approximate surface area is 204 Å². The number of aliphatic hydroxyl groups is 7. The van der Waals surface area contributed by atoms with E-state index in [1.807, 2.05) is 20.8 Å². The smallest absolute Gasteiger partial charge is 0.0857 e. The zero-order valence-electron chi connectivity index (χ0n) is 21.5. The maximum Gasteiger partial charge on any atom is 0.0857 e. The Morgan fingerprint density at radius 3 is 2.09 bits per heavy atom. The van der Waals surface area contributed by atoms with E-state index in [9.17, 15) is 35.7 Å². The van der Waals surface area contributed by atoms with E-state index < -0.39 is 59.5 Å². The fourth-order valence-electron chi connectivity index (χ4n) is 9.65. The molecule has 4 fully saturated rings. The first kappa shape index (κ1) is 26.8. The van der Waals surface area contributed by atoms with Crippen molar-refractivity contribution < 1.29 is 35.7 Å². The van der Waals surface area contributed by atoms with Crippen molar-refractivity contribution in [3.05, 3.63) is 0 Å². The van der Waals surface area contributed by atoms with E-state index in [1.165, 1.54) is 0 Å². The SMILES string of the molecule is CC(C)[C@H](O)[C@H](O)C[C@@H](C)[C@H]1C[C@@H](O)[C@@H]2[C@]1(C)CC[C@H]1[C@@]2(O)C[C@@H](O)C2[C@@H](O)[C@@H](O)CC[C@@]21C. The van der Waals surface area contributed by atoms with Gasteiger partial charge in [0.1, 0.15) is 0 Å². The molecule has 7 nitrogen and oxygen atoms in total. The second-order valence-corrected chi connectivity index (χ2v) is 13.4. The Balaban J connectivity index is 1.62. The third kappa shape index (κ3) is 3.80. The third-order valence-electron chi connectivity index (χ3n) is 11.2. The lowest BCUT2D eigenvalue weighted by Crippen LogP contribution is -2.70. The second-order valence-electron chi connectivity index (χ2n) is 13.4. The molecule has 7 N–H and O–H groups in total. The van der Waals surface area contributed by atoms with E-state index in [0.717, 1.165) is 12.8 Å². The van der Waals surface area contributed by atoms with Gasteiger partial charge in [-0.2, -0.15) is 0 Å². The number of fused-ring (bicyclic) bond motifs is 5. The first-order chi connectivity index (χ1) is 15.7. The molecule has 1 unspecified atom stereocenters. The molecular weight excluding hydrogens is 436 g/mol. The Hall–Kier alpha value is -0.280. The van der Waals surface area contributed by atoms with Crippen LogP contribution in [0.25, 0.3) is 0 Å². The maximum absolute atomic E-state index is 12.3. The normalized spacial score (nSPS) is 53.6. The Kier molecular flexibility index (Phi) is 7.03. The minimum absolute atomic E-state index is 0.0439. The summed E-state index contributed by atoms with van der Waals surface area (Å²) in [5, 5.41) is 76.9. The van der Waals surface area contributed by atoms with Gasteiger partial charge in [-0.1, -0.05) is 34.6 Å². The second kappa shape index (κ2) is 8.93. The third-order valence-corrected chi connectivity index (χ3v) is 11.2. The zero-order valence-corrected chi connectivity index (χ0v) is 21.5. The molecule has 0 saturated heterocycles. The van der Waals surface area contributed by atoms with Crippen molar-refractivity contribution in [3.8, 4) is 0 Å². The van der Waals surface area contributed by atoms with Crippen molar-refractivity contribution >= 4 is 0 Å². The Bertz CT molecular complexity index is 746. The quantitative estimate of drug-likeness (QED) is 0.313. The van der Waals surface area contributed by atoms with Gasteiger partial charge in [0.2, 0.25) is 0 Å². The molecule has 4 aliphatic rings. The van der Waals surface area contributed by atoms with Gasteiger partial charge in [-0.3, -0.25) is 0 Å². The molecule has 4 rings (SSSR count). The van der Waals surface area contributed by atoms with E-state index in [1.54, 1.807) is 0 Å². The average molecular weight is 485 g/mol. The fraction of sp³-hybridized carbons (Fsp3) is 1.00. The van der Waals surface area contributed by atoms with Crippen molar-refractivity contribution in [1.29, 1.82) is 0 Å². The van der Waals surface area contributed by atoms with E-state index in [2.05, 4.69) is 13.8 Å². The number of hydrogen-bond acceptors (Lipinski definition) is 7. The average Bonchev–Trinajstić information content (AvgIpc) is 3.01. The van der Waals surface area contributed by atoms with Crippen molar-refractivity contribution in [1.82, 2.24) is 0 Å². The number of aliphatic hydroxyl groups excluding tert-OH is 6. The molecule has 0 heterocycles. The largest absolute Gasteiger partial charge is 0.393 e. The molecule has 0 aromatic carbocycles. The van der Waals surface area contributed by atoms with Crippen LogP contribution in [0.15, 0.2) is 0 Å². The molecule has 7 heteroatoms. The number of hydrogen-bond donors (Lipinski definition) is 7. The van der Waals surface area contributed by atoms with Crippen molar-refractivity contribution in [2.24, 2.45) is 46.3 Å². The van der Waals surface area contributed by atoms with Crippen LogP contribution in [-0.4, -0.2) is 78.0 Å². The molecule has 0 aliphatic heterocycles. The summed E-state index contributed by atoms with van der Waals surface area (Å²) in [4.78, 5) is 0. The highest BCUT2D eigenvalue weighted by molar-refractivity contribution is 5.21. The van der Waals surface area contributed by atoms with Gasteiger partial charge in [-0.15, -0.1) is 0 Å². The molecular formula is C27H48O7. The molecule has 0 bridgehead atoms. The molecule has 14 atom stereocenters. The summed E-state index contributed by atoms with van der Waals surface area (Å²) < 4.78 is 0. The molecule has 0 aromatic rings. The summed E-state index contributed by atoms with van der Waals surface area (Å²) in [6, 6.07) is 0. The van der Waals surface area contributed by atoms with E-state index in [4.69, 9.17) is 0 Å². The Morgan fingerprint density at radius 1 is 0.853 bits per heavy atom. The van der Waals surface area contributed by atoms with Gasteiger partial charge < -0.3 is 35.7 Å². The van der Waals surface area contributed by atoms with Crippen LogP contribution >= 0.6 is 0 Å². The first-order valence-electron chi connectivity index (χ1n) is 13.5. The van der Waals surface area contributed by atoms with Crippen molar-refractivity contribution in [2.45, 2.75) is 122 Å². The molecule has 34 heavy (non-hydrogen) atoms. The summed E-state index contributed by atoms with van der Waals surface area (Å²) in [7, 11) is 0. The van der Waals surface area contributed by atoms with Crippen LogP contribution in [0.5, 0.6) is 0 Å². The maximum atomic E-state index is 12.3. The molecule has 4 aliphatic carbocycles. The Morgan fingerprint density at radius 2 is 1.47 bits per heavy atom. The predicted octanol–water partition coefficient (Wildman–Crippen LogP) is 1.44. The van der Waals surface area contributed by atoms with Crippen LogP contribution in [0.4, 0.5) is 0 Å². The summed E-state index contributed by atoms with van der Waals surface area (Å²) in [5.41, 5.74) is -2.14. The summed E-state index contributed by atoms with van der Waals surface area (Å²) in [6.45, 7) is 10.0. The van der Waals surface area contributed by atoms with Gasteiger partial charge in [0.05, 0.1) is 42.2 Å². The molecule has 0 spiro atoms. The lowest BCUT2D eigenvalue weighted by Gasteiger charge is -2.66. The molecule has 0 amide bonds. The lowest BCUT2D eigenvalue weighted by molar-refractivity contribution is -0.280. The van der Waals surface area contributed by atoms with Gasteiger partial charge >= 0.3 is 0 Å². The monoisotopic (exact) mass is 484 g/mol. The predicted molar refractivity (Wildman–Crippen MR) is 127 cm³/mol. The van der Waals surface area contributed by atoms with Crippen LogP contribution in [0.2, 0.25) is 0 Å². The topological polar surface area (TPSA) is 142 Å². The molecule has 0 radical (unpaired) electrons. The molecule has 0 aromatic heterocycles. The van der Waals surface area contributed by atoms with E-state index in [0.29, 0.717) is 25.7 Å². The van der Waals surface area contributed by atoms with Crippen LogP contribution < -0.4 is 0 Å². The number of rotatable bonds is 5.